The quantitative estimate of drug-likeness (QED) is 0.858. The maximum Gasteiger partial charge on any atom is 0.308 e. The second-order valence-electron chi connectivity index (χ2n) is 5.32. The van der Waals surface area contributed by atoms with Crippen molar-refractivity contribution in [3.8, 4) is 5.75 Å². The molecule has 0 bridgehead atoms. The molecule has 0 fully saturated rings. The highest BCUT2D eigenvalue weighted by atomic mass is 16.5. The van der Waals surface area contributed by atoms with Crippen LogP contribution in [0.3, 0.4) is 0 Å². The van der Waals surface area contributed by atoms with Crippen LogP contribution in [0.2, 0.25) is 0 Å². The van der Waals surface area contributed by atoms with Gasteiger partial charge < -0.3 is 15.6 Å². The van der Waals surface area contributed by atoms with Crippen molar-refractivity contribution in [2.75, 3.05) is 7.11 Å². The van der Waals surface area contributed by atoms with E-state index in [2.05, 4.69) is 0 Å². The smallest absolute Gasteiger partial charge is 0.308 e. The highest BCUT2D eigenvalue weighted by Crippen LogP contribution is 2.31. The third-order valence-electron chi connectivity index (χ3n) is 3.46. The molecule has 2 atom stereocenters. The molecule has 106 valence electrons. The molecule has 0 amide bonds. The van der Waals surface area contributed by atoms with Crippen LogP contribution in [0.25, 0.3) is 0 Å². The zero-order valence-corrected chi connectivity index (χ0v) is 12.2. The summed E-state index contributed by atoms with van der Waals surface area (Å²) in [5.41, 5.74) is 8.94. The van der Waals surface area contributed by atoms with Crippen molar-refractivity contribution in [1.29, 1.82) is 0 Å². The van der Waals surface area contributed by atoms with E-state index >= 15 is 0 Å². The van der Waals surface area contributed by atoms with Crippen LogP contribution in [-0.2, 0) is 4.79 Å². The lowest BCUT2D eigenvalue weighted by atomic mass is 9.84. The number of hydrogen-bond acceptors (Lipinski definition) is 3. The molecule has 1 aromatic carbocycles. The first kappa shape index (κ1) is 15.5. The van der Waals surface area contributed by atoms with Gasteiger partial charge in [0.1, 0.15) is 5.75 Å². The van der Waals surface area contributed by atoms with Gasteiger partial charge in [-0.2, -0.15) is 0 Å². The number of hydrogen-bond donors (Lipinski definition) is 2. The fourth-order valence-electron chi connectivity index (χ4n) is 2.56. The number of rotatable bonds is 5. The Labute approximate surface area is 114 Å². The molecule has 0 aliphatic heterocycles. The first-order chi connectivity index (χ1) is 8.79. The summed E-state index contributed by atoms with van der Waals surface area (Å²) in [6.45, 7) is 7.63. The Morgan fingerprint density at radius 1 is 1.26 bits per heavy atom. The fourth-order valence-corrected chi connectivity index (χ4v) is 2.56. The number of aliphatic carboxylic acids is 1. The number of carboxylic acid groups (broad SMARTS) is 1. The van der Waals surface area contributed by atoms with Gasteiger partial charge in [0.15, 0.2) is 0 Å². The van der Waals surface area contributed by atoms with Crippen LogP contribution in [0, 0.1) is 25.7 Å². The van der Waals surface area contributed by atoms with Gasteiger partial charge in [0, 0.05) is 6.04 Å². The molecule has 1 rings (SSSR count). The van der Waals surface area contributed by atoms with Crippen molar-refractivity contribution >= 4 is 5.97 Å². The summed E-state index contributed by atoms with van der Waals surface area (Å²) in [4.78, 5) is 11.3. The van der Waals surface area contributed by atoms with E-state index in [-0.39, 0.29) is 5.92 Å². The van der Waals surface area contributed by atoms with Crippen molar-refractivity contribution in [3.05, 3.63) is 28.8 Å². The van der Waals surface area contributed by atoms with E-state index in [1.54, 1.807) is 7.11 Å². The summed E-state index contributed by atoms with van der Waals surface area (Å²) < 4.78 is 5.31. The summed E-state index contributed by atoms with van der Waals surface area (Å²) >= 11 is 0. The second-order valence-corrected chi connectivity index (χ2v) is 5.32. The monoisotopic (exact) mass is 265 g/mol. The average Bonchev–Trinajstić information content (AvgIpc) is 2.27. The van der Waals surface area contributed by atoms with Crippen LogP contribution in [0.1, 0.15) is 36.6 Å². The van der Waals surface area contributed by atoms with E-state index in [0.29, 0.717) is 0 Å². The molecular formula is C15H23NO3. The van der Waals surface area contributed by atoms with E-state index in [0.717, 1.165) is 22.4 Å². The topological polar surface area (TPSA) is 72.5 Å². The third kappa shape index (κ3) is 3.26. The zero-order valence-electron chi connectivity index (χ0n) is 12.2. The van der Waals surface area contributed by atoms with Gasteiger partial charge >= 0.3 is 5.97 Å². The largest absolute Gasteiger partial charge is 0.496 e. The molecular weight excluding hydrogens is 242 g/mol. The van der Waals surface area contributed by atoms with Gasteiger partial charge in [0.2, 0.25) is 0 Å². The van der Waals surface area contributed by atoms with E-state index in [4.69, 9.17) is 10.5 Å². The molecule has 0 saturated carbocycles. The van der Waals surface area contributed by atoms with Crippen molar-refractivity contribution < 1.29 is 14.6 Å². The van der Waals surface area contributed by atoms with E-state index < -0.39 is 17.9 Å². The Bertz CT molecular complexity index is 445. The van der Waals surface area contributed by atoms with E-state index in [1.807, 2.05) is 39.8 Å². The normalized spacial score (nSPS) is 14.3. The van der Waals surface area contributed by atoms with Crippen LogP contribution >= 0.6 is 0 Å². The van der Waals surface area contributed by atoms with Gasteiger partial charge in [0.25, 0.3) is 0 Å². The fraction of sp³-hybridized carbons (Fsp3) is 0.533. The number of benzene rings is 1. The molecule has 1 aromatic rings. The first-order valence-corrected chi connectivity index (χ1v) is 6.43. The molecule has 4 heteroatoms. The van der Waals surface area contributed by atoms with Crippen LogP contribution in [0.15, 0.2) is 12.1 Å². The number of aryl methyl sites for hydroxylation is 2. The van der Waals surface area contributed by atoms with Gasteiger partial charge in [-0.25, -0.2) is 0 Å². The lowest BCUT2D eigenvalue weighted by molar-refractivity contribution is -0.144. The third-order valence-corrected chi connectivity index (χ3v) is 3.46. The average molecular weight is 265 g/mol. The van der Waals surface area contributed by atoms with Crippen molar-refractivity contribution in [2.45, 2.75) is 33.7 Å². The van der Waals surface area contributed by atoms with Crippen molar-refractivity contribution in [1.82, 2.24) is 0 Å². The Morgan fingerprint density at radius 3 is 2.05 bits per heavy atom. The SMILES string of the molecule is COc1c(C)cc(C(N)C(C(=O)O)C(C)C)cc1C. The minimum absolute atomic E-state index is 0.0183. The molecule has 0 radical (unpaired) electrons. The molecule has 0 aromatic heterocycles. The maximum atomic E-state index is 11.3. The molecule has 4 nitrogen and oxygen atoms in total. The number of methoxy groups -OCH3 is 1. The molecule has 0 aliphatic carbocycles. The van der Waals surface area contributed by atoms with Gasteiger partial charge in [-0.15, -0.1) is 0 Å². The summed E-state index contributed by atoms with van der Waals surface area (Å²) in [6.07, 6.45) is 0. The standard InChI is InChI=1S/C15H23NO3/c1-8(2)12(15(17)18)13(16)11-6-9(3)14(19-5)10(4)7-11/h6-8,12-13H,16H2,1-5H3,(H,17,18). The number of nitrogens with two attached hydrogens (primary N) is 1. The minimum Gasteiger partial charge on any atom is -0.496 e. The van der Waals surface area contributed by atoms with Crippen LogP contribution in [0.5, 0.6) is 5.75 Å². The highest BCUT2D eigenvalue weighted by Gasteiger charge is 2.30. The van der Waals surface area contributed by atoms with E-state index in [1.165, 1.54) is 0 Å². The highest BCUT2D eigenvalue weighted by molar-refractivity contribution is 5.71. The molecule has 0 saturated heterocycles. The van der Waals surface area contributed by atoms with E-state index in [9.17, 15) is 9.90 Å². The second kappa shape index (κ2) is 6.06. The van der Waals surface area contributed by atoms with Gasteiger partial charge in [-0.1, -0.05) is 26.0 Å². The van der Waals surface area contributed by atoms with Gasteiger partial charge in [-0.05, 0) is 36.5 Å². The lowest BCUT2D eigenvalue weighted by Crippen LogP contribution is -2.32. The summed E-state index contributed by atoms with van der Waals surface area (Å²) in [6, 6.07) is 3.31. The number of carboxylic acids is 1. The first-order valence-electron chi connectivity index (χ1n) is 6.43. The predicted molar refractivity (Wildman–Crippen MR) is 75.4 cm³/mol. The molecule has 3 N–H and O–H groups in total. The molecule has 2 unspecified atom stereocenters. The summed E-state index contributed by atoms with van der Waals surface area (Å²) in [5.74, 6) is -0.636. The van der Waals surface area contributed by atoms with Gasteiger partial charge in [0.05, 0.1) is 13.0 Å². The molecule has 0 heterocycles. The Morgan fingerprint density at radius 2 is 1.74 bits per heavy atom. The molecule has 0 aliphatic rings. The summed E-state index contributed by atoms with van der Waals surface area (Å²) in [7, 11) is 1.63. The lowest BCUT2D eigenvalue weighted by Gasteiger charge is -2.25. The number of ether oxygens (including phenoxy) is 1. The maximum absolute atomic E-state index is 11.3. The number of carbonyl (C=O) groups is 1. The summed E-state index contributed by atoms with van der Waals surface area (Å²) in [5, 5.41) is 9.31. The zero-order chi connectivity index (χ0) is 14.7. The van der Waals surface area contributed by atoms with Crippen LogP contribution < -0.4 is 10.5 Å². The minimum atomic E-state index is -0.853. The van der Waals surface area contributed by atoms with Crippen LogP contribution in [-0.4, -0.2) is 18.2 Å². The van der Waals surface area contributed by atoms with Gasteiger partial charge in [-0.3, -0.25) is 4.79 Å². The van der Waals surface area contributed by atoms with Crippen molar-refractivity contribution in [2.24, 2.45) is 17.6 Å². The molecule has 0 spiro atoms. The predicted octanol–water partition coefficient (Wildman–Crippen LogP) is 2.67. The van der Waals surface area contributed by atoms with Crippen LogP contribution in [0.4, 0.5) is 0 Å². The Balaban J connectivity index is 3.19. The Kier molecular flexibility index (Phi) is 4.95. The Hall–Kier alpha value is -1.55. The molecule has 19 heavy (non-hydrogen) atoms. The van der Waals surface area contributed by atoms with Crippen molar-refractivity contribution in [3.63, 3.8) is 0 Å².